The monoisotopic (exact) mass is 377 g/mol. The van der Waals surface area contributed by atoms with Crippen molar-refractivity contribution in [3.05, 3.63) is 23.8 Å². The molecule has 150 valence electrons. The van der Waals surface area contributed by atoms with E-state index < -0.39 is 0 Å². The van der Waals surface area contributed by atoms with Gasteiger partial charge in [0.25, 0.3) is 5.91 Å². The zero-order chi connectivity index (χ0) is 20.0. The molecule has 1 aromatic rings. The van der Waals surface area contributed by atoms with E-state index in [9.17, 15) is 9.59 Å². The molecule has 7 nitrogen and oxygen atoms in total. The van der Waals surface area contributed by atoms with Gasteiger partial charge in [0.15, 0.2) is 0 Å². The number of benzene rings is 1. The van der Waals surface area contributed by atoms with Crippen molar-refractivity contribution in [2.45, 2.75) is 26.3 Å². The third kappa shape index (κ3) is 5.60. The van der Waals surface area contributed by atoms with Crippen molar-refractivity contribution in [2.75, 3.05) is 52.4 Å². The summed E-state index contributed by atoms with van der Waals surface area (Å²) >= 11 is 0. The first-order chi connectivity index (χ1) is 12.8. The zero-order valence-corrected chi connectivity index (χ0v) is 16.9. The van der Waals surface area contributed by atoms with Gasteiger partial charge in [0.1, 0.15) is 12.4 Å². The van der Waals surface area contributed by atoms with E-state index in [4.69, 9.17) is 9.47 Å². The lowest BCUT2D eigenvalue weighted by Crippen LogP contribution is -2.44. The molecular formula is C20H31N3O4. The molecule has 2 amide bonds. The molecule has 0 aliphatic carbocycles. The molecular weight excluding hydrogens is 346 g/mol. The predicted octanol–water partition coefficient (Wildman–Crippen LogP) is 1.76. The summed E-state index contributed by atoms with van der Waals surface area (Å²) in [5.41, 5.74) is 1.38. The van der Waals surface area contributed by atoms with Crippen molar-refractivity contribution >= 4 is 17.5 Å². The van der Waals surface area contributed by atoms with Crippen LogP contribution in [-0.2, 0) is 9.53 Å². The fourth-order valence-corrected chi connectivity index (χ4v) is 3.12. The van der Waals surface area contributed by atoms with Crippen molar-refractivity contribution in [1.29, 1.82) is 0 Å². The molecule has 0 radical (unpaired) electrons. The van der Waals surface area contributed by atoms with E-state index in [0.717, 1.165) is 18.0 Å². The molecule has 1 atom stereocenters. The summed E-state index contributed by atoms with van der Waals surface area (Å²) in [6.45, 7) is 6.29. The van der Waals surface area contributed by atoms with E-state index in [1.54, 1.807) is 24.1 Å². The number of carbonyl (C=O) groups excluding carboxylic acids is 2. The van der Waals surface area contributed by atoms with Crippen LogP contribution in [0.1, 0.15) is 30.6 Å². The average molecular weight is 377 g/mol. The molecule has 0 saturated carbocycles. The number of likely N-dealkylation sites (N-methyl/N-ethyl adjacent to an activating group) is 1. The molecule has 0 unspecified atom stereocenters. The lowest BCUT2D eigenvalue weighted by Gasteiger charge is -2.36. The van der Waals surface area contributed by atoms with Crippen LogP contribution in [0.4, 0.5) is 5.69 Å². The smallest absolute Gasteiger partial charge is 0.251 e. The first kappa shape index (κ1) is 21.0. The van der Waals surface area contributed by atoms with Crippen molar-refractivity contribution in [2.24, 2.45) is 5.92 Å². The molecule has 1 aromatic carbocycles. The van der Waals surface area contributed by atoms with Gasteiger partial charge in [-0.15, -0.1) is 0 Å². The minimum atomic E-state index is -0.155. The summed E-state index contributed by atoms with van der Waals surface area (Å²) in [5.74, 6) is 1.10. The van der Waals surface area contributed by atoms with E-state index >= 15 is 0 Å². The minimum Gasteiger partial charge on any atom is -0.489 e. The quantitative estimate of drug-likeness (QED) is 0.699. The van der Waals surface area contributed by atoms with Gasteiger partial charge in [-0.1, -0.05) is 13.8 Å². The van der Waals surface area contributed by atoms with Gasteiger partial charge in [-0.25, -0.2) is 0 Å². The molecule has 1 aliphatic rings. The van der Waals surface area contributed by atoms with Gasteiger partial charge in [-0.05, 0) is 24.1 Å². The topological polar surface area (TPSA) is 71.1 Å². The largest absolute Gasteiger partial charge is 0.489 e. The van der Waals surface area contributed by atoms with Crippen molar-refractivity contribution in [3.63, 3.8) is 0 Å². The lowest BCUT2D eigenvalue weighted by atomic mass is 10.1. The standard InChI is InChI=1S/C20H31N3O4/c1-14(2)12-22(3)19(24)11-16-13-27-18-7-6-15(10-17(18)23(16)4)20(25)21-8-9-26-5/h6-7,10,14,16H,8-9,11-13H2,1-5H3,(H,21,25)/t16-/m0/s1. The van der Waals surface area contributed by atoms with Gasteiger partial charge in [-0.3, -0.25) is 9.59 Å². The maximum absolute atomic E-state index is 12.5. The Morgan fingerprint density at radius 2 is 2.15 bits per heavy atom. The number of nitrogens with one attached hydrogen (secondary N) is 1. The highest BCUT2D eigenvalue weighted by Gasteiger charge is 2.28. The van der Waals surface area contributed by atoms with Gasteiger partial charge in [0.2, 0.25) is 5.91 Å². The summed E-state index contributed by atoms with van der Waals surface area (Å²) in [7, 11) is 5.37. The minimum absolute atomic E-state index is 0.0635. The third-order valence-electron chi connectivity index (χ3n) is 4.65. The summed E-state index contributed by atoms with van der Waals surface area (Å²) in [5, 5.41) is 2.81. The molecule has 0 bridgehead atoms. The first-order valence-electron chi connectivity index (χ1n) is 9.34. The van der Waals surface area contributed by atoms with E-state index in [1.165, 1.54) is 0 Å². The number of carbonyl (C=O) groups is 2. The van der Waals surface area contributed by atoms with Gasteiger partial charge in [0, 0.05) is 39.9 Å². The fraction of sp³-hybridized carbons (Fsp3) is 0.600. The summed E-state index contributed by atoms with van der Waals surface area (Å²) in [6, 6.07) is 5.30. The number of hydrogen-bond donors (Lipinski definition) is 1. The second kappa shape index (κ2) is 9.60. The molecule has 1 aliphatic heterocycles. The van der Waals surface area contributed by atoms with Crippen LogP contribution in [0.5, 0.6) is 5.75 Å². The van der Waals surface area contributed by atoms with Crippen LogP contribution in [0.2, 0.25) is 0 Å². The van der Waals surface area contributed by atoms with Crippen LogP contribution in [0.15, 0.2) is 18.2 Å². The zero-order valence-electron chi connectivity index (χ0n) is 16.9. The molecule has 0 spiro atoms. The Kier molecular flexibility index (Phi) is 7.47. The number of nitrogens with zero attached hydrogens (tertiary/aromatic N) is 2. The van der Waals surface area contributed by atoms with Crippen LogP contribution in [0.25, 0.3) is 0 Å². The Hall–Kier alpha value is -2.28. The summed E-state index contributed by atoms with van der Waals surface area (Å²) in [4.78, 5) is 28.6. The number of rotatable bonds is 8. The second-order valence-electron chi connectivity index (χ2n) is 7.38. The molecule has 27 heavy (non-hydrogen) atoms. The number of anilines is 1. The maximum atomic E-state index is 12.5. The highest BCUT2D eigenvalue weighted by Crippen LogP contribution is 2.34. The van der Waals surface area contributed by atoms with Crippen LogP contribution in [0.3, 0.4) is 0 Å². The SMILES string of the molecule is COCCNC(=O)c1ccc2c(c1)N(C)[C@@H](CC(=O)N(C)CC(C)C)CO2. The molecule has 1 N–H and O–H groups in total. The van der Waals surface area contributed by atoms with Gasteiger partial charge in [0.05, 0.1) is 24.8 Å². The van der Waals surface area contributed by atoms with Crippen LogP contribution in [-0.4, -0.2) is 70.3 Å². The van der Waals surface area contributed by atoms with Crippen molar-refractivity contribution in [1.82, 2.24) is 10.2 Å². The molecule has 2 rings (SSSR count). The number of methoxy groups -OCH3 is 1. The Bertz CT molecular complexity index is 663. The van der Waals surface area contributed by atoms with Crippen LogP contribution < -0.4 is 15.0 Å². The molecule has 7 heteroatoms. The Labute approximate surface area is 161 Å². The van der Waals surface area contributed by atoms with E-state index in [0.29, 0.717) is 37.7 Å². The number of hydrogen-bond acceptors (Lipinski definition) is 5. The fourth-order valence-electron chi connectivity index (χ4n) is 3.12. The lowest BCUT2D eigenvalue weighted by molar-refractivity contribution is -0.130. The van der Waals surface area contributed by atoms with Crippen molar-refractivity contribution < 1.29 is 19.1 Å². The van der Waals surface area contributed by atoms with Crippen LogP contribution in [0, 0.1) is 5.92 Å². The van der Waals surface area contributed by atoms with Gasteiger partial charge in [-0.2, -0.15) is 0 Å². The first-order valence-corrected chi connectivity index (χ1v) is 9.34. The maximum Gasteiger partial charge on any atom is 0.251 e. The van der Waals surface area contributed by atoms with E-state index in [1.807, 2.05) is 25.1 Å². The summed E-state index contributed by atoms with van der Waals surface area (Å²) < 4.78 is 10.8. The molecule has 0 fully saturated rings. The Balaban J connectivity index is 2.06. The molecule has 0 aromatic heterocycles. The van der Waals surface area contributed by atoms with Gasteiger partial charge >= 0.3 is 0 Å². The third-order valence-corrected chi connectivity index (χ3v) is 4.65. The molecule has 0 saturated heterocycles. The Morgan fingerprint density at radius 3 is 2.81 bits per heavy atom. The number of ether oxygens (including phenoxy) is 2. The highest BCUT2D eigenvalue weighted by atomic mass is 16.5. The Morgan fingerprint density at radius 1 is 1.41 bits per heavy atom. The number of amides is 2. The second-order valence-corrected chi connectivity index (χ2v) is 7.38. The number of fused-ring (bicyclic) bond motifs is 1. The van der Waals surface area contributed by atoms with Gasteiger partial charge < -0.3 is 24.6 Å². The van der Waals surface area contributed by atoms with Crippen molar-refractivity contribution in [3.8, 4) is 5.75 Å². The van der Waals surface area contributed by atoms with Crippen LogP contribution >= 0.6 is 0 Å². The average Bonchev–Trinajstić information content (AvgIpc) is 2.63. The highest BCUT2D eigenvalue weighted by molar-refractivity contribution is 5.95. The van der Waals surface area contributed by atoms with E-state index in [2.05, 4.69) is 19.2 Å². The predicted molar refractivity (Wildman–Crippen MR) is 105 cm³/mol. The van der Waals surface area contributed by atoms with E-state index in [-0.39, 0.29) is 17.9 Å². The molecule has 1 heterocycles. The summed E-state index contributed by atoms with van der Waals surface area (Å²) in [6.07, 6.45) is 0.378. The normalized spacial score (nSPS) is 15.9.